The number of benzene rings is 1. The Labute approximate surface area is 125 Å². The zero-order valence-electron chi connectivity index (χ0n) is 12.7. The molecule has 1 aromatic rings. The van der Waals surface area contributed by atoms with Crippen LogP contribution in [-0.4, -0.2) is 18.5 Å². The van der Waals surface area contributed by atoms with Gasteiger partial charge in [0, 0.05) is 6.04 Å². The van der Waals surface area contributed by atoms with E-state index in [-0.39, 0.29) is 18.3 Å². The molecule has 0 aliphatic carbocycles. The number of hydrogen-bond acceptors (Lipinski definition) is 2. The molecule has 1 unspecified atom stereocenters. The first-order valence-electron chi connectivity index (χ1n) is 7.55. The Morgan fingerprint density at radius 1 is 1.14 bits per heavy atom. The molecule has 0 radical (unpaired) electrons. The molecule has 0 aliphatic heterocycles. The SMILES string of the molecule is CCCCC(CCC)NCC(=O)Nc1c(F)cccc1F. The number of halogens is 2. The normalized spacial score (nSPS) is 12.2. The van der Waals surface area contributed by atoms with Crippen LogP contribution < -0.4 is 10.6 Å². The summed E-state index contributed by atoms with van der Waals surface area (Å²) >= 11 is 0. The summed E-state index contributed by atoms with van der Waals surface area (Å²) < 4.78 is 26.8. The van der Waals surface area contributed by atoms with Crippen LogP contribution in [0.15, 0.2) is 18.2 Å². The predicted octanol–water partition coefficient (Wildman–Crippen LogP) is 3.85. The molecule has 0 fully saturated rings. The van der Waals surface area contributed by atoms with Crippen molar-refractivity contribution < 1.29 is 13.6 Å². The molecule has 0 saturated heterocycles. The van der Waals surface area contributed by atoms with Crippen molar-refractivity contribution in [2.45, 2.75) is 52.0 Å². The summed E-state index contributed by atoms with van der Waals surface area (Å²) in [7, 11) is 0. The van der Waals surface area contributed by atoms with E-state index >= 15 is 0 Å². The zero-order chi connectivity index (χ0) is 15.7. The van der Waals surface area contributed by atoms with Crippen molar-refractivity contribution in [1.82, 2.24) is 5.32 Å². The molecular weight excluding hydrogens is 274 g/mol. The Bertz CT molecular complexity index is 432. The van der Waals surface area contributed by atoms with Gasteiger partial charge in [-0.15, -0.1) is 0 Å². The average Bonchev–Trinajstić information content (AvgIpc) is 2.46. The zero-order valence-corrected chi connectivity index (χ0v) is 12.7. The Morgan fingerprint density at radius 3 is 2.38 bits per heavy atom. The van der Waals surface area contributed by atoms with E-state index < -0.39 is 17.5 Å². The molecule has 1 amide bonds. The monoisotopic (exact) mass is 298 g/mol. The highest BCUT2D eigenvalue weighted by atomic mass is 19.1. The number of rotatable bonds is 9. The van der Waals surface area contributed by atoms with E-state index in [1.54, 1.807) is 0 Å². The number of nitrogens with one attached hydrogen (secondary N) is 2. The fraction of sp³-hybridized carbons (Fsp3) is 0.562. The molecule has 1 atom stereocenters. The van der Waals surface area contributed by atoms with Gasteiger partial charge in [0.25, 0.3) is 0 Å². The van der Waals surface area contributed by atoms with Gasteiger partial charge in [0.1, 0.15) is 17.3 Å². The first kappa shape index (κ1) is 17.6. The van der Waals surface area contributed by atoms with Gasteiger partial charge in [-0.25, -0.2) is 8.78 Å². The maximum absolute atomic E-state index is 13.4. The Hall–Kier alpha value is -1.49. The van der Waals surface area contributed by atoms with Crippen LogP contribution in [0.4, 0.5) is 14.5 Å². The Kier molecular flexibility index (Phi) is 7.90. The molecule has 0 saturated carbocycles. The molecule has 118 valence electrons. The molecule has 3 nitrogen and oxygen atoms in total. The molecule has 0 aromatic heterocycles. The van der Waals surface area contributed by atoms with Gasteiger partial charge >= 0.3 is 0 Å². The predicted molar refractivity (Wildman–Crippen MR) is 81.2 cm³/mol. The summed E-state index contributed by atoms with van der Waals surface area (Å²) in [5, 5.41) is 5.44. The summed E-state index contributed by atoms with van der Waals surface area (Å²) in [6, 6.07) is 3.77. The number of amides is 1. The highest BCUT2D eigenvalue weighted by Gasteiger charge is 2.13. The molecule has 21 heavy (non-hydrogen) atoms. The highest BCUT2D eigenvalue weighted by molar-refractivity contribution is 5.92. The van der Waals surface area contributed by atoms with Gasteiger partial charge in [0.15, 0.2) is 0 Å². The van der Waals surface area contributed by atoms with E-state index in [1.807, 2.05) is 0 Å². The Morgan fingerprint density at radius 2 is 1.81 bits per heavy atom. The first-order chi connectivity index (χ1) is 10.1. The second-order valence-electron chi connectivity index (χ2n) is 5.15. The summed E-state index contributed by atoms with van der Waals surface area (Å²) in [6.45, 7) is 4.27. The topological polar surface area (TPSA) is 41.1 Å². The molecule has 5 heteroatoms. The van der Waals surface area contributed by atoms with Crippen LogP contribution in [0.3, 0.4) is 0 Å². The third kappa shape index (κ3) is 6.21. The second kappa shape index (κ2) is 9.45. The maximum atomic E-state index is 13.4. The van der Waals surface area contributed by atoms with Crippen LogP contribution in [0.5, 0.6) is 0 Å². The van der Waals surface area contributed by atoms with Crippen molar-refractivity contribution in [2.75, 3.05) is 11.9 Å². The van der Waals surface area contributed by atoms with E-state index in [2.05, 4.69) is 24.5 Å². The number of anilines is 1. The number of unbranched alkanes of at least 4 members (excludes halogenated alkanes) is 1. The number of carbonyl (C=O) groups excluding carboxylic acids is 1. The van der Waals surface area contributed by atoms with Crippen LogP contribution in [0.2, 0.25) is 0 Å². The standard InChI is InChI=1S/C16H24F2N2O/c1-3-5-8-12(7-4-2)19-11-15(21)20-16-13(17)9-6-10-14(16)18/h6,9-10,12,19H,3-5,7-8,11H2,1-2H3,(H,20,21). The fourth-order valence-corrected chi connectivity index (χ4v) is 2.19. The van der Waals surface area contributed by atoms with Crippen LogP contribution in [0.25, 0.3) is 0 Å². The fourth-order valence-electron chi connectivity index (χ4n) is 2.19. The van der Waals surface area contributed by atoms with Gasteiger partial charge < -0.3 is 10.6 Å². The van der Waals surface area contributed by atoms with Crippen LogP contribution >= 0.6 is 0 Å². The number of carbonyl (C=O) groups is 1. The minimum atomic E-state index is -0.764. The maximum Gasteiger partial charge on any atom is 0.238 e. The lowest BCUT2D eigenvalue weighted by molar-refractivity contribution is -0.115. The average molecular weight is 298 g/mol. The van der Waals surface area contributed by atoms with Gasteiger partial charge in [-0.2, -0.15) is 0 Å². The number of hydrogen-bond donors (Lipinski definition) is 2. The highest BCUT2D eigenvalue weighted by Crippen LogP contribution is 2.17. The van der Waals surface area contributed by atoms with Crippen molar-refractivity contribution >= 4 is 11.6 Å². The van der Waals surface area contributed by atoms with Crippen molar-refractivity contribution in [1.29, 1.82) is 0 Å². The van der Waals surface area contributed by atoms with Gasteiger partial charge in [-0.3, -0.25) is 4.79 Å². The third-order valence-electron chi connectivity index (χ3n) is 3.32. The van der Waals surface area contributed by atoms with Crippen LogP contribution in [-0.2, 0) is 4.79 Å². The van der Waals surface area contributed by atoms with Crippen molar-refractivity contribution in [2.24, 2.45) is 0 Å². The molecule has 0 aliphatic rings. The molecule has 1 aromatic carbocycles. The lowest BCUT2D eigenvalue weighted by Crippen LogP contribution is -2.36. The van der Waals surface area contributed by atoms with E-state index in [0.29, 0.717) is 0 Å². The van der Waals surface area contributed by atoms with E-state index in [9.17, 15) is 13.6 Å². The quantitative estimate of drug-likeness (QED) is 0.727. The van der Waals surface area contributed by atoms with Gasteiger partial charge in [-0.1, -0.05) is 39.2 Å². The smallest absolute Gasteiger partial charge is 0.238 e. The third-order valence-corrected chi connectivity index (χ3v) is 3.32. The van der Waals surface area contributed by atoms with Gasteiger partial charge in [-0.05, 0) is 25.0 Å². The summed E-state index contributed by atoms with van der Waals surface area (Å²) in [5.74, 6) is -1.96. The molecule has 2 N–H and O–H groups in total. The largest absolute Gasteiger partial charge is 0.320 e. The van der Waals surface area contributed by atoms with Crippen molar-refractivity contribution in [3.8, 4) is 0 Å². The van der Waals surface area contributed by atoms with Gasteiger partial charge in [0.2, 0.25) is 5.91 Å². The number of para-hydroxylation sites is 1. The molecule has 0 heterocycles. The lowest BCUT2D eigenvalue weighted by atomic mass is 10.1. The van der Waals surface area contributed by atoms with E-state index in [1.165, 1.54) is 6.07 Å². The van der Waals surface area contributed by atoms with E-state index in [0.717, 1.165) is 44.2 Å². The Balaban J connectivity index is 2.49. The summed E-state index contributed by atoms with van der Waals surface area (Å²) in [4.78, 5) is 11.8. The van der Waals surface area contributed by atoms with E-state index in [4.69, 9.17) is 0 Å². The molecular formula is C16H24F2N2O. The van der Waals surface area contributed by atoms with Crippen LogP contribution in [0.1, 0.15) is 46.0 Å². The van der Waals surface area contributed by atoms with Crippen molar-refractivity contribution in [3.63, 3.8) is 0 Å². The minimum Gasteiger partial charge on any atom is -0.320 e. The van der Waals surface area contributed by atoms with Crippen LogP contribution in [0, 0.1) is 11.6 Å². The lowest BCUT2D eigenvalue weighted by Gasteiger charge is -2.17. The minimum absolute atomic E-state index is 0.0577. The second-order valence-corrected chi connectivity index (χ2v) is 5.15. The van der Waals surface area contributed by atoms with Gasteiger partial charge in [0.05, 0.1) is 6.54 Å². The molecule has 0 bridgehead atoms. The summed E-state index contributed by atoms with van der Waals surface area (Å²) in [5.41, 5.74) is -0.384. The first-order valence-corrected chi connectivity index (χ1v) is 7.55. The summed E-state index contributed by atoms with van der Waals surface area (Å²) in [6.07, 6.45) is 5.23. The molecule has 1 rings (SSSR count). The molecule has 0 spiro atoms. The van der Waals surface area contributed by atoms with Crippen molar-refractivity contribution in [3.05, 3.63) is 29.8 Å².